The molecule has 0 unspecified atom stereocenters. The van der Waals surface area contributed by atoms with Crippen molar-refractivity contribution in [3.63, 3.8) is 0 Å². The van der Waals surface area contributed by atoms with Crippen LogP contribution in [0.4, 0.5) is 15.9 Å². The Balaban J connectivity index is 1.88. The van der Waals surface area contributed by atoms with Crippen LogP contribution in [0.3, 0.4) is 0 Å². The maximum Gasteiger partial charge on any atom is 0.233 e. The molecule has 0 atom stereocenters. The van der Waals surface area contributed by atoms with Crippen LogP contribution in [0.15, 0.2) is 42.6 Å². The maximum absolute atomic E-state index is 13.5. The third-order valence-corrected chi connectivity index (χ3v) is 4.37. The van der Waals surface area contributed by atoms with E-state index in [1.54, 1.807) is 37.3 Å². The molecule has 0 saturated heterocycles. The molecule has 0 amide bonds. The predicted molar refractivity (Wildman–Crippen MR) is 85.9 cm³/mol. The van der Waals surface area contributed by atoms with Gasteiger partial charge < -0.3 is 5.32 Å². The Labute approximate surface area is 129 Å². The smallest absolute Gasteiger partial charge is 0.233 e. The Morgan fingerprint density at radius 1 is 1.18 bits per heavy atom. The van der Waals surface area contributed by atoms with E-state index in [1.165, 1.54) is 12.3 Å². The summed E-state index contributed by atoms with van der Waals surface area (Å²) in [5.41, 5.74) is 1.39. The number of anilines is 2. The van der Waals surface area contributed by atoms with Crippen LogP contribution in [0, 0.1) is 5.82 Å². The van der Waals surface area contributed by atoms with Crippen molar-refractivity contribution in [3.8, 4) is 0 Å². The number of benzene rings is 1. The standard InChI is InChI=1S/C15H18FN3O2S/c1-2-22(20,21)19-15-8-7-13(11-18-15)17-10-9-12-5-3-4-6-14(12)16/h3-8,11,17H,2,9-10H2,1H3,(H,18,19). The third-order valence-electron chi connectivity index (χ3n) is 3.08. The van der Waals surface area contributed by atoms with Crippen LogP contribution in [0.25, 0.3) is 0 Å². The summed E-state index contributed by atoms with van der Waals surface area (Å²) >= 11 is 0. The summed E-state index contributed by atoms with van der Waals surface area (Å²) < 4.78 is 38.6. The number of nitrogens with zero attached hydrogens (tertiary/aromatic N) is 1. The lowest BCUT2D eigenvalue weighted by molar-refractivity contribution is 0.602. The first kappa shape index (κ1) is 16.2. The van der Waals surface area contributed by atoms with Gasteiger partial charge in [0.25, 0.3) is 0 Å². The summed E-state index contributed by atoms with van der Waals surface area (Å²) in [6.07, 6.45) is 2.09. The highest BCUT2D eigenvalue weighted by Crippen LogP contribution is 2.12. The molecule has 0 radical (unpaired) electrons. The fourth-order valence-electron chi connectivity index (χ4n) is 1.83. The minimum atomic E-state index is -3.32. The van der Waals surface area contributed by atoms with Crippen molar-refractivity contribution in [2.45, 2.75) is 13.3 Å². The van der Waals surface area contributed by atoms with Crippen molar-refractivity contribution in [2.24, 2.45) is 0 Å². The summed E-state index contributed by atoms with van der Waals surface area (Å²) in [4.78, 5) is 4.03. The monoisotopic (exact) mass is 323 g/mol. The highest BCUT2D eigenvalue weighted by molar-refractivity contribution is 7.92. The second-order valence-electron chi connectivity index (χ2n) is 4.71. The van der Waals surface area contributed by atoms with Gasteiger partial charge in [0.15, 0.2) is 0 Å². The molecule has 2 N–H and O–H groups in total. The molecule has 0 aliphatic carbocycles. The van der Waals surface area contributed by atoms with Crippen molar-refractivity contribution >= 4 is 21.5 Å². The first-order valence-electron chi connectivity index (χ1n) is 6.94. The van der Waals surface area contributed by atoms with E-state index in [-0.39, 0.29) is 17.4 Å². The maximum atomic E-state index is 13.5. The topological polar surface area (TPSA) is 71.1 Å². The molecule has 1 aromatic heterocycles. The molecule has 1 aromatic carbocycles. The summed E-state index contributed by atoms with van der Waals surface area (Å²) in [7, 11) is -3.32. The van der Waals surface area contributed by atoms with Crippen molar-refractivity contribution in [1.29, 1.82) is 0 Å². The molecule has 0 aliphatic heterocycles. The van der Waals surface area contributed by atoms with Gasteiger partial charge in [-0.3, -0.25) is 4.72 Å². The predicted octanol–water partition coefficient (Wildman–Crippen LogP) is 2.64. The minimum absolute atomic E-state index is 0.00266. The molecule has 7 heteroatoms. The average Bonchev–Trinajstić information content (AvgIpc) is 2.51. The Morgan fingerprint density at radius 3 is 2.59 bits per heavy atom. The minimum Gasteiger partial charge on any atom is -0.383 e. The Morgan fingerprint density at radius 2 is 1.95 bits per heavy atom. The zero-order valence-corrected chi connectivity index (χ0v) is 13.0. The summed E-state index contributed by atoms with van der Waals surface area (Å²) in [6.45, 7) is 2.11. The zero-order chi connectivity index (χ0) is 16.0. The molecule has 2 aromatic rings. The van der Waals surface area contributed by atoms with Gasteiger partial charge in [-0.05, 0) is 37.1 Å². The number of aromatic nitrogens is 1. The van der Waals surface area contributed by atoms with Gasteiger partial charge in [0, 0.05) is 6.54 Å². The van der Waals surface area contributed by atoms with E-state index in [0.717, 1.165) is 5.69 Å². The second kappa shape index (κ2) is 7.22. The van der Waals surface area contributed by atoms with Crippen LogP contribution in [-0.2, 0) is 16.4 Å². The van der Waals surface area contributed by atoms with Crippen molar-refractivity contribution in [1.82, 2.24) is 4.98 Å². The number of rotatable bonds is 7. The summed E-state index contributed by atoms with van der Waals surface area (Å²) in [5, 5.41) is 3.12. The normalized spacial score (nSPS) is 11.2. The Bertz CT molecular complexity index is 718. The van der Waals surface area contributed by atoms with E-state index < -0.39 is 10.0 Å². The van der Waals surface area contributed by atoms with Crippen molar-refractivity contribution in [2.75, 3.05) is 22.3 Å². The summed E-state index contributed by atoms with van der Waals surface area (Å²) in [5.74, 6) is 0.0605. The lowest BCUT2D eigenvalue weighted by Crippen LogP contribution is -2.15. The summed E-state index contributed by atoms with van der Waals surface area (Å²) in [6, 6.07) is 9.95. The first-order chi connectivity index (χ1) is 10.5. The third kappa shape index (κ3) is 4.70. The van der Waals surface area contributed by atoms with E-state index in [2.05, 4.69) is 15.0 Å². The molecule has 2 rings (SSSR count). The lowest BCUT2D eigenvalue weighted by Gasteiger charge is -2.08. The zero-order valence-electron chi connectivity index (χ0n) is 12.2. The van der Waals surface area contributed by atoms with E-state index in [9.17, 15) is 12.8 Å². The van der Waals surface area contributed by atoms with Crippen LogP contribution in [0.1, 0.15) is 12.5 Å². The van der Waals surface area contributed by atoms with Crippen LogP contribution in [-0.4, -0.2) is 25.7 Å². The molecule has 0 aliphatic rings. The number of hydrogen-bond acceptors (Lipinski definition) is 4. The van der Waals surface area contributed by atoms with E-state index in [4.69, 9.17) is 0 Å². The molecule has 5 nitrogen and oxygen atoms in total. The molecular weight excluding hydrogens is 305 g/mol. The molecule has 22 heavy (non-hydrogen) atoms. The van der Waals surface area contributed by atoms with Gasteiger partial charge in [0.2, 0.25) is 10.0 Å². The largest absolute Gasteiger partial charge is 0.383 e. The van der Waals surface area contributed by atoms with E-state index >= 15 is 0 Å². The molecule has 0 bridgehead atoms. The van der Waals surface area contributed by atoms with Gasteiger partial charge in [-0.15, -0.1) is 0 Å². The molecule has 0 fully saturated rings. The molecule has 118 valence electrons. The van der Waals surface area contributed by atoms with Crippen LogP contribution in [0.5, 0.6) is 0 Å². The fraction of sp³-hybridized carbons (Fsp3) is 0.267. The van der Waals surface area contributed by atoms with Gasteiger partial charge in [-0.1, -0.05) is 18.2 Å². The van der Waals surface area contributed by atoms with Gasteiger partial charge in [-0.25, -0.2) is 17.8 Å². The number of sulfonamides is 1. The number of nitrogens with one attached hydrogen (secondary N) is 2. The lowest BCUT2D eigenvalue weighted by atomic mass is 10.1. The number of hydrogen-bond donors (Lipinski definition) is 2. The Hall–Kier alpha value is -2.15. The number of pyridine rings is 1. The highest BCUT2D eigenvalue weighted by atomic mass is 32.2. The SMILES string of the molecule is CCS(=O)(=O)Nc1ccc(NCCc2ccccc2F)cn1. The quantitative estimate of drug-likeness (QED) is 0.822. The van der Waals surface area contributed by atoms with Crippen LogP contribution in [0.2, 0.25) is 0 Å². The van der Waals surface area contributed by atoms with Crippen LogP contribution >= 0.6 is 0 Å². The van der Waals surface area contributed by atoms with Gasteiger partial charge >= 0.3 is 0 Å². The second-order valence-corrected chi connectivity index (χ2v) is 6.72. The first-order valence-corrected chi connectivity index (χ1v) is 8.59. The van der Waals surface area contributed by atoms with Crippen molar-refractivity contribution < 1.29 is 12.8 Å². The van der Waals surface area contributed by atoms with Gasteiger partial charge in [0.1, 0.15) is 11.6 Å². The highest BCUT2D eigenvalue weighted by Gasteiger charge is 2.07. The number of halogens is 1. The van der Waals surface area contributed by atoms with Gasteiger partial charge in [-0.2, -0.15) is 0 Å². The average molecular weight is 323 g/mol. The fourth-order valence-corrected chi connectivity index (χ4v) is 2.42. The van der Waals surface area contributed by atoms with Crippen molar-refractivity contribution in [3.05, 3.63) is 54.0 Å². The molecule has 0 saturated carbocycles. The molecule has 1 heterocycles. The van der Waals surface area contributed by atoms with Gasteiger partial charge in [0.05, 0.1) is 17.6 Å². The Kier molecular flexibility index (Phi) is 5.32. The van der Waals surface area contributed by atoms with E-state index in [0.29, 0.717) is 18.5 Å². The molecule has 0 spiro atoms. The van der Waals surface area contributed by atoms with E-state index in [1.807, 2.05) is 0 Å². The van der Waals surface area contributed by atoms with Crippen LogP contribution < -0.4 is 10.0 Å². The molecular formula is C15H18FN3O2S.